The van der Waals surface area contributed by atoms with E-state index in [1.165, 1.54) is 0 Å². The van der Waals surface area contributed by atoms with E-state index in [2.05, 4.69) is 22.5 Å². The Morgan fingerprint density at radius 2 is 1.69 bits per heavy atom. The van der Waals surface area contributed by atoms with Crippen LogP contribution in [-0.2, 0) is 0 Å². The molecule has 0 unspecified atom stereocenters. The number of alkyl halides is 1. The first-order chi connectivity index (χ1) is 7.66. The molecule has 1 aliphatic rings. The minimum absolute atomic E-state index is 0.272. The zero-order valence-corrected chi connectivity index (χ0v) is 10.2. The second-order valence-electron chi connectivity index (χ2n) is 3.50. The number of nitrogens with zero attached hydrogens (tertiary/aromatic N) is 1. The molecule has 4 heteroatoms. The first kappa shape index (κ1) is 11.1. The summed E-state index contributed by atoms with van der Waals surface area (Å²) in [5.41, 5.74) is 1.45. The second-order valence-corrected chi connectivity index (χ2v) is 4.29. The highest BCUT2D eigenvalue weighted by molar-refractivity contribution is 9.09. The highest BCUT2D eigenvalue weighted by Gasteiger charge is 2.36. The quantitative estimate of drug-likeness (QED) is 0.630. The molecule has 2 rings (SSSR count). The van der Waals surface area contributed by atoms with E-state index in [4.69, 9.17) is 0 Å². The van der Waals surface area contributed by atoms with Crippen molar-refractivity contribution in [3.63, 3.8) is 0 Å². The van der Waals surface area contributed by atoms with Crippen LogP contribution in [0.3, 0.4) is 0 Å². The van der Waals surface area contributed by atoms with Crippen molar-refractivity contribution >= 4 is 27.7 Å². The van der Waals surface area contributed by atoms with Crippen LogP contribution < -0.4 is 0 Å². The van der Waals surface area contributed by atoms with Crippen LogP contribution in [-0.4, -0.2) is 22.0 Å². The Morgan fingerprint density at radius 1 is 1.19 bits per heavy atom. The molecule has 0 aromatic heterocycles. The fraction of sp³-hybridized carbons (Fsp3) is 0.167. The Kier molecular flexibility index (Phi) is 2.92. The zero-order chi connectivity index (χ0) is 11.7. The molecule has 0 saturated heterocycles. The Hall–Kier alpha value is -1.42. The lowest BCUT2D eigenvalue weighted by molar-refractivity contribution is 0.0701. The van der Waals surface area contributed by atoms with Crippen LogP contribution in [0.25, 0.3) is 0 Å². The van der Waals surface area contributed by atoms with Crippen LogP contribution in [0.1, 0.15) is 27.1 Å². The number of rotatable bonds is 3. The van der Waals surface area contributed by atoms with Gasteiger partial charge in [-0.25, -0.2) is 4.90 Å². The minimum Gasteiger partial charge on any atom is -0.268 e. The molecule has 1 heterocycles. The number of allylic oxidation sites excluding steroid dienone is 1. The van der Waals surface area contributed by atoms with E-state index in [1.807, 2.05) is 0 Å². The van der Waals surface area contributed by atoms with Crippen LogP contribution in [0.2, 0.25) is 0 Å². The lowest BCUT2D eigenvalue weighted by atomic mass is 10.1. The summed E-state index contributed by atoms with van der Waals surface area (Å²) in [6.45, 7) is 3.76. The molecule has 1 aromatic rings. The van der Waals surface area contributed by atoms with E-state index in [0.29, 0.717) is 28.6 Å². The molecule has 0 N–H and O–H groups in total. The normalized spacial score (nSPS) is 14.2. The Balaban J connectivity index is 2.39. The Bertz CT molecular complexity index is 447. The van der Waals surface area contributed by atoms with Crippen molar-refractivity contribution in [2.45, 2.75) is 6.42 Å². The Labute approximate surface area is 102 Å². The van der Waals surface area contributed by atoms with E-state index in [9.17, 15) is 9.59 Å². The van der Waals surface area contributed by atoms with Gasteiger partial charge in [0.05, 0.1) is 11.1 Å². The number of amides is 2. The summed E-state index contributed by atoms with van der Waals surface area (Å²) < 4.78 is 0. The fourth-order valence-electron chi connectivity index (χ4n) is 1.70. The molecular formula is C12H10BrNO2. The maximum Gasteiger partial charge on any atom is 0.265 e. The van der Waals surface area contributed by atoms with Gasteiger partial charge in [-0.05, 0) is 18.6 Å². The summed E-state index contributed by atoms with van der Waals surface area (Å²) in [4.78, 5) is 25.1. The van der Waals surface area contributed by atoms with Crippen LogP contribution in [0, 0.1) is 0 Å². The van der Waals surface area contributed by atoms with E-state index >= 15 is 0 Å². The maximum absolute atomic E-state index is 12.0. The molecule has 2 amide bonds. The predicted molar refractivity (Wildman–Crippen MR) is 64.5 cm³/mol. The molecule has 1 aromatic carbocycles. The lowest BCUT2D eigenvalue weighted by Gasteiger charge is -2.15. The third-order valence-electron chi connectivity index (χ3n) is 2.49. The molecule has 0 saturated carbocycles. The lowest BCUT2D eigenvalue weighted by Crippen LogP contribution is -2.28. The molecule has 0 bridgehead atoms. The van der Waals surface area contributed by atoms with Crippen molar-refractivity contribution in [1.29, 1.82) is 0 Å². The van der Waals surface area contributed by atoms with Crippen molar-refractivity contribution in [2.24, 2.45) is 0 Å². The first-order valence-electron chi connectivity index (χ1n) is 4.88. The van der Waals surface area contributed by atoms with Gasteiger partial charge in [0, 0.05) is 11.0 Å². The number of hydrogen-bond acceptors (Lipinski definition) is 2. The van der Waals surface area contributed by atoms with Gasteiger partial charge < -0.3 is 0 Å². The molecule has 0 radical (unpaired) electrons. The Morgan fingerprint density at radius 3 is 2.12 bits per heavy atom. The molecule has 0 spiro atoms. The summed E-state index contributed by atoms with van der Waals surface area (Å²) in [5, 5.41) is 0.680. The van der Waals surface area contributed by atoms with E-state index < -0.39 is 0 Å². The summed E-state index contributed by atoms with van der Waals surface area (Å²) in [6.07, 6.45) is 0.575. The number of halogens is 1. The van der Waals surface area contributed by atoms with Crippen molar-refractivity contribution in [1.82, 2.24) is 4.90 Å². The van der Waals surface area contributed by atoms with Gasteiger partial charge >= 0.3 is 0 Å². The summed E-state index contributed by atoms with van der Waals surface area (Å²) in [7, 11) is 0. The van der Waals surface area contributed by atoms with Gasteiger partial charge in [-0.2, -0.15) is 0 Å². The van der Waals surface area contributed by atoms with Crippen LogP contribution in [0.15, 0.2) is 36.5 Å². The molecule has 3 nitrogen and oxygen atoms in total. The topological polar surface area (TPSA) is 37.4 Å². The number of carbonyl (C=O) groups excluding carboxylic acids is 2. The number of fused-ring (bicyclic) bond motifs is 1. The monoisotopic (exact) mass is 279 g/mol. The van der Waals surface area contributed by atoms with Crippen molar-refractivity contribution in [2.75, 3.05) is 5.33 Å². The molecule has 0 fully saturated rings. The van der Waals surface area contributed by atoms with Crippen molar-refractivity contribution in [3.8, 4) is 0 Å². The molecular weight excluding hydrogens is 270 g/mol. The smallest absolute Gasteiger partial charge is 0.265 e. The predicted octanol–water partition coefficient (Wildman–Crippen LogP) is 2.58. The summed E-state index contributed by atoms with van der Waals surface area (Å²) >= 11 is 3.26. The number of imide groups is 1. The van der Waals surface area contributed by atoms with Gasteiger partial charge in [0.2, 0.25) is 0 Å². The largest absolute Gasteiger partial charge is 0.268 e. The van der Waals surface area contributed by atoms with Crippen LogP contribution >= 0.6 is 15.9 Å². The number of hydrogen-bond donors (Lipinski definition) is 0. The van der Waals surface area contributed by atoms with Gasteiger partial charge in [0.15, 0.2) is 0 Å². The molecule has 0 atom stereocenters. The number of carbonyl (C=O) groups is 2. The highest BCUT2D eigenvalue weighted by Crippen LogP contribution is 2.26. The fourth-order valence-corrected chi connectivity index (χ4v) is 2.16. The minimum atomic E-state index is -0.272. The maximum atomic E-state index is 12.0. The molecule has 1 aliphatic heterocycles. The van der Waals surface area contributed by atoms with E-state index in [-0.39, 0.29) is 11.8 Å². The standard InChI is InChI=1S/C12H10BrNO2/c1-8(6-7-13)14-11(15)9-4-2-3-5-10(9)12(14)16/h2-5H,1,6-7H2. The van der Waals surface area contributed by atoms with Crippen LogP contribution in [0.4, 0.5) is 0 Å². The van der Waals surface area contributed by atoms with Gasteiger partial charge in [-0.15, -0.1) is 0 Å². The first-order valence-corrected chi connectivity index (χ1v) is 6.00. The average molecular weight is 280 g/mol. The average Bonchev–Trinajstić information content (AvgIpc) is 2.53. The van der Waals surface area contributed by atoms with Crippen molar-refractivity contribution in [3.05, 3.63) is 47.7 Å². The number of benzene rings is 1. The van der Waals surface area contributed by atoms with E-state index in [1.54, 1.807) is 24.3 Å². The summed E-state index contributed by atoms with van der Waals surface area (Å²) in [5.74, 6) is -0.543. The van der Waals surface area contributed by atoms with Crippen molar-refractivity contribution < 1.29 is 9.59 Å². The summed E-state index contributed by atoms with van der Waals surface area (Å²) in [6, 6.07) is 6.83. The van der Waals surface area contributed by atoms with Gasteiger partial charge in [-0.3, -0.25) is 9.59 Å². The van der Waals surface area contributed by atoms with Crippen LogP contribution in [0.5, 0.6) is 0 Å². The molecule has 0 aliphatic carbocycles. The molecule has 16 heavy (non-hydrogen) atoms. The van der Waals surface area contributed by atoms with E-state index in [0.717, 1.165) is 4.90 Å². The van der Waals surface area contributed by atoms with Gasteiger partial charge in [-0.1, -0.05) is 34.6 Å². The third kappa shape index (κ3) is 1.59. The van der Waals surface area contributed by atoms with Gasteiger partial charge in [0.25, 0.3) is 11.8 Å². The zero-order valence-electron chi connectivity index (χ0n) is 8.57. The molecule has 82 valence electrons. The highest BCUT2D eigenvalue weighted by atomic mass is 79.9. The van der Waals surface area contributed by atoms with Gasteiger partial charge in [0.1, 0.15) is 0 Å². The second kappa shape index (κ2) is 4.22. The SMILES string of the molecule is C=C(CCBr)N1C(=O)c2ccccc2C1=O. The third-order valence-corrected chi connectivity index (χ3v) is 2.89.